The van der Waals surface area contributed by atoms with Gasteiger partial charge in [-0.15, -0.1) is 0 Å². The molecule has 23 heavy (non-hydrogen) atoms. The van der Waals surface area contributed by atoms with E-state index in [1.54, 1.807) is 36.9 Å². The van der Waals surface area contributed by atoms with E-state index in [1.807, 2.05) is 19.0 Å². The molecular formula is C17H21N5O. The molecule has 6 nitrogen and oxygen atoms in total. The van der Waals surface area contributed by atoms with E-state index in [9.17, 15) is 4.79 Å². The minimum atomic E-state index is 0.00489. The molecule has 0 radical (unpaired) electrons. The number of amides is 1. The summed E-state index contributed by atoms with van der Waals surface area (Å²) in [4.78, 5) is 29.7. The first-order valence-corrected chi connectivity index (χ1v) is 7.81. The maximum atomic E-state index is 12.7. The molecule has 1 aliphatic rings. The second kappa shape index (κ2) is 6.83. The molecule has 1 amide bonds. The fourth-order valence-electron chi connectivity index (χ4n) is 2.96. The number of aromatic nitrogens is 3. The molecule has 0 aromatic carbocycles. The molecule has 1 aliphatic heterocycles. The minimum absolute atomic E-state index is 0.00489. The van der Waals surface area contributed by atoms with Gasteiger partial charge in [0.25, 0.3) is 5.91 Å². The monoisotopic (exact) mass is 311 g/mol. The molecule has 6 heteroatoms. The lowest BCUT2D eigenvalue weighted by Gasteiger charge is -2.24. The van der Waals surface area contributed by atoms with Gasteiger partial charge in [-0.05, 0) is 39.1 Å². The lowest BCUT2D eigenvalue weighted by atomic mass is 10.1. The number of pyridine rings is 1. The average Bonchev–Trinajstić information content (AvgIpc) is 3.04. The first-order valence-electron chi connectivity index (χ1n) is 7.81. The van der Waals surface area contributed by atoms with Crippen molar-refractivity contribution in [2.24, 2.45) is 0 Å². The van der Waals surface area contributed by atoms with E-state index in [1.165, 1.54) is 0 Å². The van der Waals surface area contributed by atoms with Crippen LogP contribution in [0.15, 0.2) is 36.9 Å². The van der Waals surface area contributed by atoms with Crippen LogP contribution in [0.1, 0.15) is 40.6 Å². The zero-order valence-corrected chi connectivity index (χ0v) is 13.5. The lowest BCUT2D eigenvalue weighted by Crippen LogP contribution is -2.31. The molecule has 3 heterocycles. The molecule has 2 aromatic rings. The van der Waals surface area contributed by atoms with E-state index in [0.29, 0.717) is 5.56 Å². The quantitative estimate of drug-likeness (QED) is 0.863. The minimum Gasteiger partial charge on any atom is -0.330 e. The molecule has 1 saturated heterocycles. The summed E-state index contributed by atoms with van der Waals surface area (Å²) in [5.41, 5.74) is 2.48. The van der Waals surface area contributed by atoms with Crippen LogP contribution in [0.25, 0.3) is 0 Å². The molecule has 120 valence electrons. The van der Waals surface area contributed by atoms with Gasteiger partial charge in [-0.2, -0.15) is 0 Å². The van der Waals surface area contributed by atoms with Crippen molar-refractivity contribution >= 4 is 5.91 Å². The Morgan fingerprint density at radius 1 is 1.26 bits per heavy atom. The van der Waals surface area contributed by atoms with Crippen LogP contribution in [0.5, 0.6) is 0 Å². The van der Waals surface area contributed by atoms with Gasteiger partial charge in [0.1, 0.15) is 0 Å². The zero-order valence-electron chi connectivity index (χ0n) is 13.5. The molecule has 2 aromatic heterocycles. The van der Waals surface area contributed by atoms with E-state index in [2.05, 4.69) is 14.9 Å². The number of carbonyl (C=O) groups is 1. The highest BCUT2D eigenvalue weighted by molar-refractivity contribution is 5.94. The van der Waals surface area contributed by atoms with Crippen LogP contribution in [-0.2, 0) is 6.54 Å². The van der Waals surface area contributed by atoms with Gasteiger partial charge >= 0.3 is 0 Å². The molecule has 0 spiro atoms. The number of nitrogens with zero attached hydrogens (tertiary/aromatic N) is 5. The molecule has 1 atom stereocenters. The van der Waals surface area contributed by atoms with Gasteiger partial charge in [0.05, 0.1) is 23.6 Å². The summed E-state index contributed by atoms with van der Waals surface area (Å²) < 4.78 is 0. The summed E-state index contributed by atoms with van der Waals surface area (Å²) in [7, 11) is 4.01. The third-order valence-corrected chi connectivity index (χ3v) is 3.96. The maximum absolute atomic E-state index is 12.7. The summed E-state index contributed by atoms with van der Waals surface area (Å²) in [5, 5.41) is 0. The molecule has 3 rings (SSSR count). The van der Waals surface area contributed by atoms with Crippen molar-refractivity contribution in [3.8, 4) is 0 Å². The predicted molar refractivity (Wildman–Crippen MR) is 86.7 cm³/mol. The number of hydrogen-bond donors (Lipinski definition) is 0. The van der Waals surface area contributed by atoms with Crippen LogP contribution >= 0.6 is 0 Å². The fraction of sp³-hybridized carbons (Fsp3) is 0.412. The second-order valence-electron chi connectivity index (χ2n) is 6.07. The van der Waals surface area contributed by atoms with Crippen LogP contribution in [0.3, 0.4) is 0 Å². The van der Waals surface area contributed by atoms with Crippen LogP contribution in [0.2, 0.25) is 0 Å². The zero-order chi connectivity index (χ0) is 16.2. The van der Waals surface area contributed by atoms with Crippen molar-refractivity contribution in [2.75, 3.05) is 20.6 Å². The SMILES string of the molecule is CN(C)Cc1cncc([C@H]2CCCN2C(=O)c2ccncc2)n1. The van der Waals surface area contributed by atoms with Gasteiger partial charge in [-0.1, -0.05) is 0 Å². The Morgan fingerprint density at radius 3 is 2.78 bits per heavy atom. The Kier molecular flexibility index (Phi) is 4.62. The molecule has 1 fully saturated rings. The van der Waals surface area contributed by atoms with Gasteiger partial charge in [0, 0.05) is 37.2 Å². The van der Waals surface area contributed by atoms with Gasteiger partial charge in [0.15, 0.2) is 0 Å². The van der Waals surface area contributed by atoms with E-state index in [0.717, 1.165) is 37.3 Å². The Hall–Kier alpha value is -2.34. The fourth-order valence-corrected chi connectivity index (χ4v) is 2.96. The van der Waals surface area contributed by atoms with Crippen LogP contribution in [-0.4, -0.2) is 51.3 Å². The second-order valence-corrected chi connectivity index (χ2v) is 6.07. The van der Waals surface area contributed by atoms with Gasteiger partial charge < -0.3 is 9.80 Å². The van der Waals surface area contributed by atoms with Crippen LogP contribution in [0, 0.1) is 0 Å². The normalized spacial score (nSPS) is 17.7. The van der Waals surface area contributed by atoms with Crippen molar-refractivity contribution in [1.29, 1.82) is 0 Å². The van der Waals surface area contributed by atoms with Crippen molar-refractivity contribution in [3.05, 3.63) is 53.9 Å². The summed E-state index contributed by atoms with van der Waals surface area (Å²) in [6.07, 6.45) is 8.78. The first-order chi connectivity index (χ1) is 11.1. The van der Waals surface area contributed by atoms with Crippen LogP contribution < -0.4 is 0 Å². The number of hydrogen-bond acceptors (Lipinski definition) is 5. The van der Waals surface area contributed by atoms with E-state index in [4.69, 9.17) is 4.98 Å². The van der Waals surface area contributed by atoms with Crippen molar-refractivity contribution in [3.63, 3.8) is 0 Å². The summed E-state index contributed by atoms with van der Waals surface area (Å²) in [6, 6.07) is 3.52. The average molecular weight is 311 g/mol. The Bertz CT molecular complexity index is 674. The highest BCUT2D eigenvalue weighted by Gasteiger charge is 2.31. The van der Waals surface area contributed by atoms with Crippen molar-refractivity contribution < 1.29 is 4.79 Å². The van der Waals surface area contributed by atoms with Crippen molar-refractivity contribution in [2.45, 2.75) is 25.4 Å². The topological polar surface area (TPSA) is 62.2 Å². The van der Waals surface area contributed by atoms with E-state index >= 15 is 0 Å². The number of likely N-dealkylation sites (tertiary alicyclic amines) is 1. The number of carbonyl (C=O) groups excluding carboxylic acids is 1. The summed E-state index contributed by atoms with van der Waals surface area (Å²) in [6.45, 7) is 1.50. The molecule has 0 aliphatic carbocycles. The Balaban J connectivity index is 1.83. The molecular weight excluding hydrogens is 290 g/mol. The summed E-state index contributed by atoms with van der Waals surface area (Å²) in [5.74, 6) is 0.0368. The summed E-state index contributed by atoms with van der Waals surface area (Å²) >= 11 is 0. The maximum Gasteiger partial charge on any atom is 0.254 e. The molecule has 0 saturated carbocycles. The van der Waals surface area contributed by atoms with E-state index in [-0.39, 0.29) is 11.9 Å². The Morgan fingerprint density at radius 2 is 2.04 bits per heavy atom. The third kappa shape index (κ3) is 3.53. The standard InChI is InChI=1S/C17H21N5O/c1-21(2)12-14-10-19-11-15(20-14)16-4-3-9-22(16)17(23)13-5-7-18-8-6-13/h5-8,10-11,16H,3-4,9,12H2,1-2H3/t16-/m1/s1. The number of rotatable bonds is 4. The van der Waals surface area contributed by atoms with E-state index < -0.39 is 0 Å². The molecule has 0 unspecified atom stereocenters. The molecule has 0 bridgehead atoms. The van der Waals surface area contributed by atoms with Crippen LogP contribution in [0.4, 0.5) is 0 Å². The predicted octanol–water partition coefficient (Wildman–Crippen LogP) is 1.91. The highest BCUT2D eigenvalue weighted by Crippen LogP contribution is 2.31. The van der Waals surface area contributed by atoms with Gasteiger partial charge in [0.2, 0.25) is 0 Å². The lowest BCUT2D eigenvalue weighted by molar-refractivity contribution is 0.0732. The van der Waals surface area contributed by atoms with Crippen molar-refractivity contribution in [1.82, 2.24) is 24.8 Å². The highest BCUT2D eigenvalue weighted by atomic mass is 16.2. The third-order valence-electron chi connectivity index (χ3n) is 3.96. The largest absolute Gasteiger partial charge is 0.330 e. The van der Waals surface area contributed by atoms with Gasteiger partial charge in [-0.3, -0.25) is 19.7 Å². The molecule has 0 N–H and O–H groups in total. The van der Waals surface area contributed by atoms with Gasteiger partial charge in [-0.25, -0.2) is 0 Å². The first kappa shape index (κ1) is 15.6. The Labute approximate surface area is 136 Å². The smallest absolute Gasteiger partial charge is 0.254 e.